The fourth-order valence-corrected chi connectivity index (χ4v) is 1.75. The lowest BCUT2D eigenvalue weighted by Crippen LogP contribution is -2.34. The third-order valence-corrected chi connectivity index (χ3v) is 3.41. The molecule has 0 rings (SSSR count). The van der Waals surface area contributed by atoms with Crippen molar-refractivity contribution in [3.8, 4) is 0 Å². The van der Waals surface area contributed by atoms with Crippen molar-refractivity contribution in [2.45, 2.75) is 39.7 Å². The maximum atomic E-state index is 10.8. The normalized spacial score (nSPS) is 16.3. The molecule has 0 aromatic heterocycles. The van der Waals surface area contributed by atoms with Crippen LogP contribution >= 0.6 is 0 Å². The molecular weight excluding hydrogens is 212 g/mol. The molecule has 0 saturated carbocycles. The zero-order valence-corrected chi connectivity index (χ0v) is 11.0. The van der Waals surface area contributed by atoms with Gasteiger partial charge in [0.05, 0.1) is 6.26 Å². The largest absolute Gasteiger partial charge is 0.314 e. The molecule has 0 spiro atoms. The van der Waals surface area contributed by atoms with Gasteiger partial charge in [0.2, 0.25) is 10.0 Å². The Morgan fingerprint density at radius 1 is 1.20 bits per heavy atom. The minimum Gasteiger partial charge on any atom is -0.314 e. The average Bonchev–Trinajstić information content (AvgIpc) is 2.14. The van der Waals surface area contributed by atoms with Gasteiger partial charge in [-0.2, -0.15) is 0 Å². The second-order valence-electron chi connectivity index (χ2n) is 4.15. The van der Waals surface area contributed by atoms with E-state index in [4.69, 9.17) is 0 Å². The Balaban J connectivity index is 3.47. The summed E-state index contributed by atoms with van der Waals surface area (Å²) in [6, 6.07) is 0.494. The molecule has 5 heteroatoms. The molecule has 92 valence electrons. The molecule has 0 aliphatic heterocycles. The van der Waals surface area contributed by atoms with Gasteiger partial charge in [-0.15, -0.1) is 0 Å². The minimum absolute atomic E-state index is 0.494. The van der Waals surface area contributed by atoms with E-state index in [1.165, 1.54) is 6.26 Å². The van der Waals surface area contributed by atoms with E-state index in [-0.39, 0.29) is 0 Å². The Morgan fingerprint density at radius 3 is 2.27 bits per heavy atom. The summed E-state index contributed by atoms with van der Waals surface area (Å²) in [6.07, 6.45) is 3.17. The van der Waals surface area contributed by atoms with E-state index in [0.717, 1.165) is 19.4 Å². The third-order valence-electron chi connectivity index (χ3n) is 2.68. The average molecular weight is 236 g/mol. The van der Waals surface area contributed by atoms with Crippen molar-refractivity contribution in [2.24, 2.45) is 5.92 Å². The van der Waals surface area contributed by atoms with E-state index in [0.29, 0.717) is 18.5 Å². The second kappa shape index (κ2) is 7.19. The molecule has 0 aromatic rings. The molecule has 2 unspecified atom stereocenters. The maximum Gasteiger partial charge on any atom is 0.208 e. The van der Waals surface area contributed by atoms with Gasteiger partial charge in [-0.25, -0.2) is 13.1 Å². The Kier molecular flexibility index (Phi) is 7.13. The summed E-state index contributed by atoms with van der Waals surface area (Å²) in [6.45, 7) is 7.92. The topological polar surface area (TPSA) is 58.2 Å². The lowest BCUT2D eigenvalue weighted by molar-refractivity contribution is 0.389. The molecule has 0 amide bonds. The van der Waals surface area contributed by atoms with E-state index in [1.807, 2.05) is 0 Å². The number of nitrogens with one attached hydrogen (secondary N) is 2. The van der Waals surface area contributed by atoms with Crippen LogP contribution in [0.2, 0.25) is 0 Å². The lowest BCUT2D eigenvalue weighted by atomic mass is 10.0. The first-order valence-electron chi connectivity index (χ1n) is 5.54. The molecule has 0 aliphatic carbocycles. The van der Waals surface area contributed by atoms with Crippen molar-refractivity contribution in [1.29, 1.82) is 0 Å². The van der Waals surface area contributed by atoms with Crippen LogP contribution in [0.25, 0.3) is 0 Å². The van der Waals surface area contributed by atoms with Gasteiger partial charge in [0.25, 0.3) is 0 Å². The highest BCUT2D eigenvalue weighted by Crippen LogP contribution is 2.05. The summed E-state index contributed by atoms with van der Waals surface area (Å²) < 4.78 is 24.0. The van der Waals surface area contributed by atoms with Crippen LogP contribution in [0.15, 0.2) is 0 Å². The first kappa shape index (κ1) is 14.9. The Hall–Kier alpha value is -0.130. The van der Waals surface area contributed by atoms with E-state index in [1.54, 1.807) is 0 Å². The summed E-state index contributed by atoms with van der Waals surface area (Å²) in [5.74, 6) is 0.660. The molecule has 0 radical (unpaired) electrons. The van der Waals surface area contributed by atoms with Crippen molar-refractivity contribution < 1.29 is 8.42 Å². The summed E-state index contributed by atoms with van der Waals surface area (Å²) >= 11 is 0. The Bertz CT molecular complexity index is 252. The first-order chi connectivity index (χ1) is 6.87. The monoisotopic (exact) mass is 236 g/mol. The quantitative estimate of drug-likeness (QED) is 0.617. The van der Waals surface area contributed by atoms with Gasteiger partial charge in [-0.1, -0.05) is 20.3 Å². The van der Waals surface area contributed by atoms with Gasteiger partial charge >= 0.3 is 0 Å². The molecule has 2 N–H and O–H groups in total. The summed E-state index contributed by atoms with van der Waals surface area (Å²) in [5, 5.41) is 3.38. The molecule has 0 aromatic carbocycles. The van der Waals surface area contributed by atoms with Crippen LogP contribution in [-0.4, -0.2) is 33.8 Å². The van der Waals surface area contributed by atoms with Crippen molar-refractivity contribution >= 4 is 10.0 Å². The second-order valence-corrected chi connectivity index (χ2v) is 5.98. The van der Waals surface area contributed by atoms with E-state index in [9.17, 15) is 8.42 Å². The van der Waals surface area contributed by atoms with Gasteiger partial charge in [-0.05, 0) is 25.8 Å². The number of rotatable bonds is 8. The van der Waals surface area contributed by atoms with Crippen molar-refractivity contribution in [3.63, 3.8) is 0 Å². The smallest absolute Gasteiger partial charge is 0.208 e. The zero-order chi connectivity index (χ0) is 11.9. The molecular formula is C10H24N2O2S. The summed E-state index contributed by atoms with van der Waals surface area (Å²) in [4.78, 5) is 0. The predicted molar refractivity (Wildman–Crippen MR) is 64.4 cm³/mol. The first-order valence-corrected chi connectivity index (χ1v) is 7.44. The zero-order valence-electron chi connectivity index (χ0n) is 10.2. The van der Waals surface area contributed by atoms with Crippen molar-refractivity contribution in [3.05, 3.63) is 0 Å². The fourth-order valence-electron chi connectivity index (χ4n) is 1.23. The highest BCUT2D eigenvalue weighted by molar-refractivity contribution is 7.88. The third kappa shape index (κ3) is 8.84. The van der Waals surface area contributed by atoms with Crippen LogP contribution in [0.1, 0.15) is 33.6 Å². The van der Waals surface area contributed by atoms with Crippen LogP contribution in [-0.2, 0) is 10.0 Å². The fraction of sp³-hybridized carbons (Fsp3) is 1.00. The van der Waals surface area contributed by atoms with Gasteiger partial charge in [0, 0.05) is 12.6 Å². The number of sulfonamides is 1. The molecule has 0 bridgehead atoms. The summed E-state index contributed by atoms with van der Waals surface area (Å²) in [7, 11) is -3.02. The van der Waals surface area contributed by atoms with Crippen LogP contribution in [0.3, 0.4) is 0 Å². The van der Waals surface area contributed by atoms with E-state index < -0.39 is 10.0 Å². The minimum atomic E-state index is -3.02. The van der Waals surface area contributed by atoms with Gasteiger partial charge < -0.3 is 5.32 Å². The van der Waals surface area contributed by atoms with Crippen LogP contribution in [0.4, 0.5) is 0 Å². The standard InChI is InChI=1S/C10H24N2O2S/c1-5-9(2)10(3)11-7-6-8-12-15(4,13)14/h9-12H,5-8H2,1-4H3. The highest BCUT2D eigenvalue weighted by atomic mass is 32.2. The van der Waals surface area contributed by atoms with Crippen LogP contribution in [0, 0.1) is 5.92 Å². The molecule has 0 heterocycles. The predicted octanol–water partition coefficient (Wildman–Crippen LogP) is 0.950. The molecule has 15 heavy (non-hydrogen) atoms. The molecule has 2 atom stereocenters. The summed E-state index contributed by atoms with van der Waals surface area (Å²) in [5.41, 5.74) is 0. The maximum absolute atomic E-state index is 10.8. The lowest BCUT2D eigenvalue weighted by Gasteiger charge is -2.19. The van der Waals surface area contributed by atoms with Crippen molar-refractivity contribution in [1.82, 2.24) is 10.0 Å². The Morgan fingerprint density at radius 2 is 1.80 bits per heavy atom. The molecule has 0 saturated heterocycles. The molecule has 4 nitrogen and oxygen atoms in total. The molecule has 0 aliphatic rings. The van der Waals surface area contributed by atoms with Gasteiger partial charge in [0.1, 0.15) is 0 Å². The number of hydrogen-bond donors (Lipinski definition) is 2. The Labute approximate surface area is 93.9 Å². The van der Waals surface area contributed by atoms with Crippen LogP contribution in [0.5, 0.6) is 0 Å². The molecule has 0 fully saturated rings. The highest BCUT2D eigenvalue weighted by Gasteiger charge is 2.08. The van der Waals surface area contributed by atoms with E-state index >= 15 is 0 Å². The van der Waals surface area contributed by atoms with Crippen LogP contribution < -0.4 is 10.0 Å². The van der Waals surface area contributed by atoms with E-state index in [2.05, 4.69) is 30.8 Å². The van der Waals surface area contributed by atoms with Gasteiger partial charge in [0.15, 0.2) is 0 Å². The van der Waals surface area contributed by atoms with Crippen molar-refractivity contribution in [2.75, 3.05) is 19.3 Å². The SMILES string of the molecule is CCC(C)C(C)NCCCNS(C)(=O)=O. The number of hydrogen-bond acceptors (Lipinski definition) is 3. The van der Waals surface area contributed by atoms with Gasteiger partial charge in [-0.3, -0.25) is 0 Å².